The summed E-state index contributed by atoms with van der Waals surface area (Å²) >= 11 is 0. The van der Waals surface area contributed by atoms with Crippen molar-refractivity contribution in [1.82, 2.24) is 0 Å². The van der Waals surface area contributed by atoms with Gasteiger partial charge in [0.15, 0.2) is 5.57 Å². The maximum absolute atomic E-state index is 9.16. The fourth-order valence-corrected chi connectivity index (χ4v) is 1.99. The second kappa shape index (κ2) is 8.15. The van der Waals surface area contributed by atoms with Crippen molar-refractivity contribution in [3.05, 3.63) is 46.7 Å². The fraction of sp³-hybridized carbons (Fsp3) is 0.235. The average Bonchev–Trinajstić information content (AvgIpc) is 2.56. The summed E-state index contributed by atoms with van der Waals surface area (Å²) in [6.07, 6.45) is 1.57. The van der Waals surface area contributed by atoms with E-state index in [1.807, 2.05) is 30.3 Å². The minimum Gasteiger partial charge on any atom is -0.396 e. The Balaban J connectivity index is 3.17. The van der Waals surface area contributed by atoms with E-state index in [2.05, 4.69) is 18.7 Å². The minimum atomic E-state index is -0.257. The lowest BCUT2D eigenvalue weighted by atomic mass is 10.1. The maximum Gasteiger partial charge on any atom is 0.153 e. The van der Waals surface area contributed by atoms with Gasteiger partial charge in [0.25, 0.3) is 0 Å². The number of allylic oxidation sites excluding steroid dienone is 2. The quantitative estimate of drug-likeness (QED) is 0.664. The first-order valence-corrected chi connectivity index (χ1v) is 6.88. The summed E-state index contributed by atoms with van der Waals surface area (Å²) in [6.45, 7) is 6.00. The van der Waals surface area contributed by atoms with Gasteiger partial charge in [0.1, 0.15) is 18.2 Å². The van der Waals surface area contributed by atoms with E-state index in [0.29, 0.717) is 0 Å². The Hall–Kier alpha value is -3.23. The third-order valence-corrected chi connectivity index (χ3v) is 3.24. The highest BCUT2D eigenvalue weighted by Gasteiger charge is 2.08. The number of nitrogens with two attached hydrogens (primary N) is 1. The number of rotatable bonds is 5. The summed E-state index contributed by atoms with van der Waals surface area (Å²) in [5.74, 6) is 0. The molecule has 5 heteroatoms. The SMILES string of the molecule is CCN(CC)c1ccc(/C=C(/C#N)C(N)=C(C#N)C#N)cc1. The summed E-state index contributed by atoms with van der Waals surface area (Å²) in [5.41, 5.74) is 7.33. The van der Waals surface area contributed by atoms with Gasteiger partial charge in [-0.2, -0.15) is 15.8 Å². The minimum absolute atomic E-state index is 0.0969. The average molecular weight is 291 g/mol. The lowest BCUT2D eigenvalue weighted by Gasteiger charge is -2.20. The lowest BCUT2D eigenvalue weighted by molar-refractivity contribution is 0.866. The fourth-order valence-electron chi connectivity index (χ4n) is 1.99. The molecule has 0 aliphatic heterocycles. The number of benzene rings is 1. The standard InChI is InChI=1S/C17H17N5/c1-3-22(4-2)16-7-5-13(6-8-16)9-14(10-18)17(21)15(11-19)12-20/h5-9H,3-4,21H2,1-2H3/b14-9-. The lowest BCUT2D eigenvalue weighted by Crippen LogP contribution is -2.21. The second-order valence-corrected chi connectivity index (χ2v) is 4.45. The van der Waals surface area contributed by atoms with Crippen LogP contribution in [0.15, 0.2) is 41.1 Å². The van der Waals surface area contributed by atoms with E-state index in [1.54, 1.807) is 18.2 Å². The highest BCUT2D eigenvalue weighted by molar-refractivity contribution is 5.67. The predicted molar refractivity (Wildman–Crippen MR) is 86.0 cm³/mol. The van der Waals surface area contributed by atoms with Gasteiger partial charge < -0.3 is 10.6 Å². The van der Waals surface area contributed by atoms with Crippen LogP contribution in [0.1, 0.15) is 19.4 Å². The Morgan fingerprint density at radius 1 is 1.05 bits per heavy atom. The summed E-state index contributed by atoms with van der Waals surface area (Å²) in [5, 5.41) is 26.8. The molecule has 0 atom stereocenters. The molecule has 0 unspecified atom stereocenters. The number of anilines is 1. The van der Waals surface area contributed by atoms with Gasteiger partial charge in [-0.05, 0) is 37.6 Å². The van der Waals surface area contributed by atoms with Crippen molar-refractivity contribution in [2.75, 3.05) is 18.0 Å². The topological polar surface area (TPSA) is 101 Å². The van der Waals surface area contributed by atoms with Crippen LogP contribution in [-0.4, -0.2) is 13.1 Å². The first-order chi connectivity index (χ1) is 10.6. The van der Waals surface area contributed by atoms with Crippen LogP contribution < -0.4 is 10.6 Å². The van der Waals surface area contributed by atoms with E-state index in [4.69, 9.17) is 21.5 Å². The molecule has 2 N–H and O–H groups in total. The number of nitrogens with zero attached hydrogens (tertiary/aromatic N) is 4. The molecule has 1 aromatic rings. The summed E-state index contributed by atoms with van der Waals surface area (Å²) in [6, 6.07) is 13.0. The van der Waals surface area contributed by atoms with Gasteiger partial charge in [0.05, 0.1) is 11.3 Å². The van der Waals surface area contributed by atoms with Crippen LogP contribution in [0.5, 0.6) is 0 Å². The van der Waals surface area contributed by atoms with Gasteiger partial charge in [-0.1, -0.05) is 12.1 Å². The maximum atomic E-state index is 9.16. The van der Waals surface area contributed by atoms with Crippen LogP contribution in [0.3, 0.4) is 0 Å². The molecule has 0 aliphatic carbocycles. The molecule has 0 spiro atoms. The van der Waals surface area contributed by atoms with E-state index >= 15 is 0 Å². The van der Waals surface area contributed by atoms with Crippen molar-refractivity contribution >= 4 is 11.8 Å². The van der Waals surface area contributed by atoms with Crippen LogP contribution >= 0.6 is 0 Å². The van der Waals surface area contributed by atoms with Gasteiger partial charge in [-0.15, -0.1) is 0 Å². The van der Waals surface area contributed by atoms with Crippen molar-refractivity contribution in [3.63, 3.8) is 0 Å². The highest BCUT2D eigenvalue weighted by Crippen LogP contribution is 2.18. The zero-order valence-corrected chi connectivity index (χ0v) is 12.7. The molecule has 110 valence electrons. The molecule has 0 amide bonds. The first-order valence-electron chi connectivity index (χ1n) is 6.88. The van der Waals surface area contributed by atoms with E-state index < -0.39 is 0 Å². The molecule has 0 radical (unpaired) electrons. The van der Waals surface area contributed by atoms with Crippen molar-refractivity contribution < 1.29 is 0 Å². The molecule has 0 saturated carbocycles. The summed E-state index contributed by atoms with van der Waals surface area (Å²) in [4.78, 5) is 2.20. The molecular formula is C17H17N5. The van der Waals surface area contributed by atoms with E-state index in [9.17, 15) is 0 Å². The summed E-state index contributed by atoms with van der Waals surface area (Å²) in [7, 11) is 0. The second-order valence-electron chi connectivity index (χ2n) is 4.45. The molecule has 1 aromatic carbocycles. The Morgan fingerprint density at radius 2 is 1.59 bits per heavy atom. The van der Waals surface area contributed by atoms with Crippen molar-refractivity contribution in [3.8, 4) is 18.2 Å². The third kappa shape index (κ3) is 3.88. The number of nitriles is 3. The van der Waals surface area contributed by atoms with E-state index in [0.717, 1.165) is 24.3 Å². The Labute approximate surface area is 130 Å². The molecule has 0 bridgehead atoms. The van der Waals surface area contributed by atoms with Crippen molar-refractivity contribution in [2.24, 2.45) is 5.73 Å². The van der Waals surface area contributed by atoms with Crippen LogP contribution in [0.4, 0.5) is 5.69 Å². The molecule has 5 nitrogen and oxygen atoms in total. The molecule has 0 aliphatic rings. The van der Waals surface area contributed by atoms with Gasteiger partial charge in [0.2, 0.25) is 0 Å². The third-order valence-electron chi connectivity index (χ3n) is 3.24. The molecule has 0 fully saturated rings. The Kier molecular flexibility index (Phi) is 6.23. The monoisotopic (exact) mass is 291 g/mol. The largest absolute Gasteiger partial charge is 0.396 e. The molecule has 1 rings (SSSR count). The van der Waals surface area contributed by atoms with E-state index in [1.165, 1.54) is 0 Å². The van der Waals surface area contributed by atoms with Crippen molar-refractivity contribution in [2.45, 2.75) is 13.8 Å². The predicted octanol–water partition coefficient (Wildman–Crippen LogP) is 2.70. The smallest absolute Gasteiger partial charge is 0.153 e. The van der Waals surface area contributed by atoms with Gasteiger partial charge >= 0.3 is 0 Å². The first kappa shape index (κ1) is 16.8. The zero-order chi connectivity index (χ0) is 16.5. The normalized spacial score (nSPS) is 10.0. The number of hydrogen-bond donors (Lipinski definition) is 1. The molecule has 0 saturated heterocycles. The van der Waals surface area contributed by atoms with Crippen LogP contribution in [0, 0.1) is 34.0 Å². The zero-order valence-electron chi connectivity index (χ0n) is 12.7. The molecular weight excluding hydrogens is 274 g/mol. The van der Waals surface area contributed by atoms with Crippen LogP contribution in [-0.2, 0) is 0 Å². The van der Waals surface area contributed by atoms with Crippen LogP contribution in [0.2, 0.25) is 0 Å². The molecule has 0 aromatic heterocycles. The van der Waals surface area contributed by atoms with Gasteiger partial charge in [-0.3, -0.25) is 0 Å². The van der Waals surface area contributed by atoms with Crippen molar-refractivity contribution in [1.29, 1.82) is 15.8 Å². The van der Waals surface area contributed by atoms with Gasteiger partial charge in [-0.25, -0.2) is 0 Å². The number of hydrogen-bond acceptors (Lipinski definition) is 5. The highest BCUT2D eigenvalue weighted by atomic mass is 15.1. The van der Waals surface area contributed by atoms with E-state index in [-0.39, 0.29) is 16.8 Å². The van der Waals surface area contributed by atoms with Crippen LogP contribution in [0.25, 0.3) is 6.08 Å². The molecule has 22 heavy (non-hydrogen) atoms. The summed E-state index contributed by atoms with van der Waals surface area (Å²) < 4.78 is 0. The van der Waals surface area contributed by atoms with Gasteiger partial charge in [0, 0.05) is 18.8 Å². The Bertz CT molecular complexity index is 685. The molecule has 0 heterocycles. The Morgan fingerprint density at radius 3 is 2.00 bits per heavy atom.